The van der Waals surface area contributed by atoms with Crippen LogP contribution in [-0.4, -0.2) is 6.16 Å². The minimum absolute atomic E-state index is 0. The fraction of sp³-hybridized carbons (Fsp3) is 0.125. The van der Waals surface area contributed by atoms with Gasteiger partial charge in [0.15, 0.2) is 0 Å². The van der Waals surface area contributed by atoms with Gasteiger partial charge in [-0.15, -0.1) is 0 Å². The fourth-order valence-electron chi connectivity index (χ4n) is 0.534. The van der Waals surface area contributed by atoms with Gasteiger partial charge >= 0.3 is 103 Å². The van der Waals surface area contributed by atoms with E-state index in [1.807, 2.05) is 18.2 Å². The molecule has 60 valence electrons. The smallest absolute Gasteiger partial charge is 0.652 e. The molecule has 0 saturated heterocycles. The van der Waals surface area contributed by atoms with Crippen LogP contribution in [0.1, 0.15) is 5.56 Å². The van der Waals surface area contributed by atoms with Crippen LogP contribution in [0, 0.1) is 6.92 Å². The van der Waals surface area contributed by atoms with Crippen molar-refractivity contribution in [3.8, 4) is 0 Å². The third kappa shape index (κ3) is 20.0. The molecule has 0 aliphatic heterocycles. The summed E-state index contributed by atoms with van der Waals surface area (Å²) in [6.45, 7) is 2.08. The molecule has 0 heterocycles. The molecule has 0 spiro atoms. The Morgan fingerprint density at radius 3 is 1.54 bits per heavy atom. The number of hydrogen-bond donors (Lipinski definition) is 0. The SMILES string of the molecule is Cc1ccccc1.O=C([O-])[O-].[K+].[K+]. The van der Waals surface area contributed by atoms with Gasteiger partial charge in [0.25, 0.3) is 0 Å². The number of benzene rings is 1. The molecule has 0 aliphatic rings. The maximum Gasteiger partial charge on any atom is 1.00 e. The predicted octanol–water partition coefficient (Wildman–Crippen LogP) is -6.44. The summed E-state index contributed by atoms with van der Waals surface area (Å²) in [7, 11) is 0. The van der Waals surface area contributed by atoms with E-state index in [9.17, 15) is 0 Å². The predicted molar refractivity (Wildman–Crippen MR) is 36.6 cm³/mol. The molecule has 1 rings (SSSR count). The Morgan fingerprint density at radius 2 is 1.38 bits per heavy atom. The number of carboxylic acid groups (broad SMARTS) is 2. The summed E-state index contributed by atoms with van der Waals surface area (Å²) >= 11 is 0. The van der Waals surface area contributed by atoms with E-state index >= 15 is 0 Å². The van der Waals surface area contributed by atoms with Crippen LogP contribution in [0.15, 0.2) is 30.3 Å². The van der Waals surface area contributed by atoms with Crippen molar-refractivity contribution < 1.29 is 118 Å². The summed E-state index contributed by atoms with van der Waals surface area (Å²) in [4.78, 5) is 8.33. The number of carbonyl (C=O) groups is 1. The summed E-state index contributed by atoms with van der Waals surface area (Å²) in [5.41, 5.74) is 1.32. The number of carbonyl (C=O) groups excluding carboxylic acids is 1. The van der Waals surface area contributed by atoms with Gasteiger partial charge in [0, 0.05) is 0 Å². The molecule has 1 aromatic carbocycles. The van der Waals surface area contributed by atoms with Crippen molar-refractivity contribution in [3.05, 3.63) is 35.9 Å². The zero-order chi connectivity index (χ0) is 8.69. The van der Waals surface area contributed by atoms with Gasteiger partial charge in [-0.3, -0.25) is 0 Å². The van der Waals surface area contributed by atoms with Gasteiger partial charge in [-0.25, -0.2) is 0 Å². The average molecular weight is 230 g/mol. The molecule has 3 nitrogen and oxygen atoms in total. The Hall–Kier alpha value is 1.76. The quantitative estimate of drug-likeness (QED) is 0.416. The third-order valence-electron chi connectivity index (χ3n) is 0.940. The van der Waals surface area contributed by atoms with Crippen LogP contribution in [0.3, 0.4) is 0 Å². The van der Waals surface area contributed by atoms with Crippen LogP contribution >= 0.6 is 0 Å². The summed E-state index contributed by atoms with van der Waals surface area (Å²) < 4.78 is 0. The molecule has 0 bridgehead atoms. The van der Waals surface area contributed by atoms with Crippen molar-refractivity contribution in [2.45, 2.75) is 6.92 Å². The van der Waals surface area contributed by atoms with Gasteiger partial charge in [0.1, 0.15) is 0 Å². The van der Waals surface area contributed by atoms with Crippen LogP contribution in [0.5, 0.6) is 0 Å². The minimum atomic E-state index is -2.33. The van der Waals surface area contributed by atoms with E-state index in [2.05, 4.69) is 19.1 Å². The third-order valence-corrected chi connectivity index (χ3v) is 0.940. The van der Waals surface area contributed by atoms with E-state index in [1.54, 1.807) is 0 Å². The van der Waals surface area contributed by atoms with Crippen molar-refractivity contribution >= 4 is 6.16 Å². The van der Waals surface area contributed by atoms with E-state index in [0.717, 1.165) is 0 Å². The first-order valence-electron chi connectivity index (χ1n) is 3.02. The molecule has 0 fully saturated rings. The number of aryl methyl sites for hydroxylation is 1. The maximum atomic E-state index is 8.33. The van der Waals surface area contributed by atoms with Crippen LogP contribution in [0.2, 0.25) is 0 Å². The summed E-state index contributed by atoms with van der Waals surface area (Å²) in [5, 5.41) is 16.7. The normalized spacial score (nSPS) is 6.54. The molecule has 0 unspecified atom stereocenters. The van der Waals surface area contributed by atoms with Gasteiger partial charge in [-0.2, -0.15) is 0 Å². The second-order valence-electron chi connectivity index (χ2n) is 1.90. The average Bonchev–Trinajstić information content (AvgIpc) is 1.87. The molecule has 0 amide bonds. The van der Waals surface area contributed by atoms with Crippen molar-refractivity contribution in [3.63, 3.8) is 0 Å². The van der Waals surface area contributed by atoms with Gasteiger partial charge < -0.3 is 15.0 Å². The monoisotopic (exact) mass is 230 g/mol. The Bertz CT molecular complexity index is 210. The Kier molecular flexibility index (Phi) is 21.4. The molecule has 13 heavy (non-hydrogen) atoms. The van der Waals surface area contributed by atoms with Crippen molar-refractivity contribution in [2.24, 2.45) is 0 Å². The molecular weight excluding hydrogens is 222 g/mol. The Balaban J connectivity index is -0.000000150. The van der Waals surface area contributed by atoms with Gasteiger partial charge in [-0.05, 0) is 13.1 Å². The molecule has 0 atom stereocenters. The molecule has 0 aliphatic carbocycles. The first-order chi connectivity index (χ1) is 5.13. The fourth-order valence-corrected chi connectivity index (χ4v) is 0.534. The van der Waals surface area contributed by atoms with Crippen LogP contribution < -0.4 is 113 Å². The summed E-state index contributed by atoms with van der Waals surface area (Å²) in [5.74, 6) is 0. The largest absolute Gasteiger partial charge is 1.00 e. The van der Waals surface area contributed by atoms with E-state index < -0.39 is 6.16 Å². The molecular formula is C8H8K2O3. The molecule has 5 heteroatoms. The first-order valence-corrected chi connectivity index (χ1v) is 3.02. The van der Waals surface area contributed by atoms with E-state index in [4.69, 9.17) is 15.0 Å². The van der Waals surface area contributed by atoms with Crippen molar-refractivity contribution in [2.75, 3.05) is 0 Å². The van der Waals surface area contributed by atoms with E-state index in [1.165, 1.54) is 5.56 Å². The Labute approximate surface area is 163 Å². The van der Waals surface area contributed by atoms with E-state index in [0.29, 0.717) is 0 Å². The standard InChI is InChI=1S/C7H8.CH2O3.2K/c1-7-5-3-2-4-6-7;2-1(3)4;;/h2-6H,1H3;(H2,2,3,4);;/q;;2*+1/p-2. The molecule has 0 radical (unpaired) electrons. The minimum Gasteiger partial charge on any atom is -0.652 e. The van der Waals surface area contributed by atoms with E-state index in [-0.39, 0.29) is 103 Å². The zero-order valence-corrected chi connectivity index (χ0v) is 14.4. The second-order valence-corrected chi connectivity index (χ2v) is 1.90. The summed E-state index contributed by atoms with van der Waals surface area (Å²) in [6.07, 6.45) is -2.33. The van der Waals surface area contributed by atoms with Crippen molar-refractivity contribution in [1.29, 1.82) is 0 Å². The number of rotatable bonds is 0. The van der Waals surface area contributed by atoms with Crippen LogP contribution in [-0.2, 0) is 0 Å². The zero-order valence-electron chi connectivity index (χ0n) is 8.11. The topological polar surface area (TPSA) is 63.2 Å². The Morgan fingerprint density at radius 1 is 1.08 bits per heavy atom. The molecule has 0 N–H and O–H groups in total. The van der Waals surface area contributed by atoms with Gasteiger partial charge in [0.05, 0.1) is 0 Å². The molecule has 0 saturated carbocycles. The van der Waals surface area contributed by atoms with Crippen molar-refractivity contribution in [1.82, 2.24) is 0 Å². The maximum absolute atomic E-state index is 8.33. The number of hydrogen-bond acceptors (Lipinski definition) is 3. The first kappa shape index (κ1) is 20.2. The molecule has 1 aromatic rings. The van der Waals surface area contributed by atoms with Crippen LogP contribution in [0.4, 0.5) is 4.79 Å². The summed E-state index contributed by atoms with van der Waals surface area (Å²) in [6, 6.07) is 10.3. The second kappa shape index (κ2) is 13.8. The molecule has 0 aromatic heterocycles. The van der Waals surface area contributed by atoms with Crippen LogP contribution in [0.25, 0.3) is 0 Å². The van der Waals surface area contributed by atoms with Gasteiger partial charge in [-0.1, -0.05) is 35.9 Å². The van der Waals surface area contributed by atoms with Gasteiger partial charge in [0.2, 0.25) is 0 Å².